The van der Waals surface area contributed by atoms with E-state index in [-0.39, 0.29) is 0 Å². The third-order valence-electron chi connectivity index (χ3n) is 9.61. The van der Waals surface area contributed by atoms with E-state index < -0.39 is 0 Å². The van der Waals surface area contributed by atoms with Gasteiger partial charge in [-0.1, -0.05) is 141 Å². The highest BCUT2D eigenvalue weighted by Crippen LogP contribution is 2.46. The van der Waals surface area contributed by atoms with E-state index in [0.29, 0.717) is 5.92 Å². The third kappa shape index (κ3) is 4.09. The monoisotopic (exact) mass is 588 g/mol. The second kappa shape index (κ2) is 10.5. The van der Waals surface area contributed by atoms with E-state index in [9.17, 15) is 0 Å². The van der Waals surface area contributed by atoms with E-state index in [0.717, 1.165) is 22.3 Å². The maximum Gasteiger partial charge on any atom is 0.143 e. The van der Waals surface area contributed by atoms with Crippen LogP contribution in [0.15, 0.2) is 156 Å². The zero-order valence-corrected chi connectivity index (χ0v) is 25.9. The highest BCUT2D eigenvalue weighted by molar-refractivity contribution is 6.24. The summed E-state index contributed by atoms with van der Waals surface area (Å²) in [4.78, 5) is 0. The molecule has 1 aromatic heterocycles. The molecule has 1 heteroatoms. The minimum Gasteiger partial charge on any atom is -0.455 e. The van der Waals surface area contributed by atoms with E-state index in [1.54, 1.807) is 0 Å². The van der Waals surface area contributed by atoms with Gasteiger partial charge < -0.3 is 4.42 Å². The predicted molar refractivity (Wildman–Crippen MR) is 197 cm³/mol. The average molecular weight is 589 g/mol. The Labute approximate surface area is 268 Å². The molecule has 0 saturated carbocycles. The van der Waals surface area contributed by atoms with Crippen molar-refractivity contribution in [3.8, 4) is 33.4 Å². The lowest BCUT2D eigenvalue weighted by atomic mass is 9.85. The van der Waals surface area contributed by atoms with Crippen LogP contribution in [0.2, 0.25) is 0 Å². The normalized spacial score (nSPS) is 11.9. The molecule has 1 heterocycles. The largest absolute Gasteiger partial charge is 0.455 e. The van der Waals surface area contributed by atoms with Crippen LogP contribution < -0.4 is 0 Å². The fourth-order valence-corrected chi connectivity index (χ4v) is 7.41. The SMILES string of the molecule is CC(C)c1ccc2oc3c(-c4cccc(-c5c6ccccc6c(-c6ccccc6)c6ccccc56)c4)cc4ccccc4c3c2c1. The Hall–Kier alpha value is -5.66. The first-order valence-corrected chi connectivity index (χ1v) is 16.1. The molecule has 0 bridgehead atoms. The molecule has 218 valence electrons. The van der Waals surface area contributed by atoms with Crippen LogP contribution in [0.5, 0.6) is 0 Å². The van der Waals surface area contributed by atoms with E-state index in [2.05, 4.69) is 166 Å². The molecule has 0 fully saturated rings. The fourth-order valence-electron chi connectivity index (χ4n) is 7.41. The molecule has 1 nitrogen and oxygen atoms in total. The van der Waals surface area contributed by atoms with Crippen molar-refractivity contribution in [2.45, 2.75) is 19.8 Å². The molecule has 0 radical (unpaired) electrons. The standard InChI is InChI=1S/C45H32O/c1-28(2)30-23-24-41-40(26-30)44-34-18-7-6-15-32(34)27-39(45(44)46-41)31-16-12-17-33(25-31)43-37-21-10-8-19-35(37)42(29-13-4-3-5-14-29)36-20-9-11-22-38(36)43/h3-28H,1-2H3. The average Bonchev–Trinajstić information content (AvgIpc) is 3.50. The Balaban J connectivity index is 1.34. The minimum atomic E-state index is 0.443. The van der Waals surface area contributed by atoms with Gasteiger partial charge in [-0.15, -0.1) is 0 Å². The maximum absolute atomic E-state index is 6.73. The van der Waals surface area contributed by atoms with Gasteiger partial charge in [0.2, 0.25) is 0 Å². The van der Waals surface area contributed by atoms with Crippen molar-refractivity contribution in [2.24, 2.45) is 0 Å². The van der Waals surface area contributed by atoms with Crippen molar-refractivity contribution >= 4 is 54.3 Å². The topological polar surface area (TPSA) is 13.1 Å². The summed E-state index contributed by atoms with van der Waals surface area (Å²) < 4.78 is 6.73. The van der Waals surface area contributed by atoms with Crippen molar-refractivity contribution in [2.75, 3.05) is 0 Å². The summed E-state index contributed by atoms with van der Waals surface area (Å²) in [6.45, 7) is 4.50. The van der Waals surface area contributed by atoms with Crippen molar-refractivity contribution in [1.29, 1.82) is 0 Å². The Morgan fingerprint density at radius 1 is 0.435 bits per heavy atom. The van der Waals surface area contributed by atoms with Crippen LogP contribution in [0.25, 0.3) is 87.6 Å². The fraction of sp³-hybridized carbons (Fsp3) is 0.0667. The van der Waals surface area contributed by atoms with Gasteiger partial charge in [-0.25, -0.2) is 0 Å². The molecule has 0 saturated heterocycles. The Bertz CT molecular complexity index is 2550. The Kier molecular flexibility index (Phi) is 6.08. The van der Waals surface area contributed by atoms with Crippen LogP contribution in [-0.4, -0.2) is 0 Å². The van der Waals surface area contributed by atoms with E-state index in [1.165, 1.54) is 70.9 Å². The molecule has 0 amide bonds. The number of hydrogen-bond donors (Lipinski definition) is 0. The molecular weight excluding hydrogens is 556 g/mol. The highest BCUT2D eigenvalue weighted by atomic mass is 16.3. The molecule has 8 aromatic carbocycles. The van der Waals surface area contributed by atoms with Crippen molar-refractivity contribution < 1.29 is 4.42 Å². The molecule has 0 N–H and O–H groups in total. The van der Waals surface area contributed by atoms with Gasteiger partial charge in [-0.05, 0) is 95.9 Å². The van der Waals surface area contributed by atoms with Crippen molar-refractivity contribution in [1.82, 2.24) is 0 Å². The Morgan fingerprint density at radius 3 is 1.67 bits per heavy atom. The lowest BCUT2D eigenvalue weighted by molar-refractivity contribution is 0.670. The zero-order chi connectivity index (χ0) is 30.8. The van der Waals surface area contributed by atoms with E-state index in [1.807, 2.05) is 0 Å². The number of fused-ring (bicyclic) bond motifs is 7. The summed E-state index contributed by atoms with van der Waals surface area (Å²) in [6.07, 6.45) is 0. The van der Waals surface area contributed by atoms with E-state index >= 15 is 0 Å². The Morgan fingerprint density at radius 2 is 1.00 bits per heavy atom. The highest BCUT2D eigenvalue weighted by Gasteiger charge is 2.20. The molecule has 46 heavy (non-hydrogen) atoms. The second-order valence-corrected chi connectivity index (χ2v) is 12.6. The first kappa shape index (κ1) is 26.7. The van der Waals surface area contributed by atoms with Crippen LogP contribution in [-0.2, 0) is 0 Å². The minimum absolute atomic E-state index is 0.443. The van der Waals surface area contributed by atoms with Gasteiger partial charge in [-0.3, -0.25) is 0 Å². The molecule has 0 atom stereocenters. The molecule has 0 aliphatic rings. The van der Waals surface area contributed by atoms with Gasteiger partial charge in [-0.2, -0.15) is 0 Å². The molecule has 9 rings (SSSR count). The van der Waals surface area contributed by atoms with Crippen LogP contribution in [0.3, 0.4) is 0 Å². The van der Waals surface area contributed by atoms with Gasteiger partial charge in [0.05, 0.1) is 0 Å². The van der Waals surface area contributed by atoms with Crippen molar-refractivity contribution in [3.63, 3.8) is 0 Å². The quantitative estimate of drug-likeness (QED) is 0.186. The summed E-state index contributed by atoms with van der Waals surface area (Å²) in [5, 5.41) is 9.86. The molecule has 0 unspecified atom stereocenters. The van der Waals surface area contributed by atoms with Crippen LogP contribution in [0.4, 0.5) is 0 Å². The van der Waals surface area contributed by atoms with Gasteiger partial charge in [0, 0.05) is 16.3 Å². The smallest absolute Gasteiger partial charge is 0.143 e. The van der Waals surface area contributed by atoms with Crippen LogP contribution in [0.1, 0.15) is 25.3 Å². The van der Waals surface area contributed by atoms with E-state index in [4.69, 9.17) is 4.42 Å². The number of furan rings is 1. The predicted octanol–water partition coefficient (Wildman–Crippen LogP) is 13.2. The van der Waals surface area contributed by atoms with Gasteiger partial charge in [0.25, 0.3) is 0 Å². The number of rotatable bonds is 4. The third-order valence-corrected chi connectivity index (χ3v) is 9.61. The lowest BCUT2D eigenvalue weighted by Crippen LogP contribution is -1.91. The molecule has 0 aliphatic heterocycles. The summed E-state index contributed by atoms with van der Waals surface area (Å²) in [7, 11) is 0. The molecule has 0 aliphatic carbocycles. The zero-order valence-electron chi connectivity index (χ0n) is 25.9. The summed E-state index contributed by atoms with van der Waals surface area (Å²) in [5.41, 5.74) is 10.4. The summed E-state index contributed by atoms with van der Waals surface area (Å²) in [5.74, 6) is 0.443. The first-order chi connectivity index (χ1) is 22.7. The van der Waals surface area contributed by atoms with Crippen molar-refractivity contribution in [3.05, 3.63) is 157 Å². The number of hydrogen-bond acceptors (Lipinski definition) is 1. The van der Waals surface area contributed by atoms with Crippen LogP contribution >= 0.6 is 0 Å². The molecule has 0 spiro atoms. The number of benzene rings is 8. The van der Waals surface area contributed by atoms with Gasteiger partial charge in [0.1, 0.15) is 11.2 Å². The second-order valence-electron chi connectivity index (χ2n) is 12.6. The molecule has 9 aromatic rings. The van der Waals surface area contributed by atoms with Crippen LogP contribution in [0, 0.1) is 0 Å². The molecular formula is C45H32O. The summed E-state index contributed by atoms with van der Waals surface area (Å²) in [6, 6.07) is 55.2. The first-order valence-electron chi connectivity index (χ1n) is 16.1. The van der Waals surface area contributed by atoms with Gasteiger partial charge in [0.15, 0.2) is 0 Å². The summed E-state index contributed by atoms with van der Waals surface area (Å²) >= 11 is 0. The van der Waals surface area contributed by atoms with Gasteiger partial charge >= 0.3 is 0 Å². The maximum atomic E-state index is 6.73. The lowest BCUT2D eigenvalue weighted by Gasteiger charge is -2.18.